The number of aliphatic imine (C=N–C) groups is 2. The summed E-state index contributed by atoms with van der Waals surface area (Å²) in [5.74, 6) is -0.340. The number of carbonyl (C=O) groups is 1. The van der Waals surface area contributed by atoms with Gasteiger partial charge in [0.25, 0.3) is 0 Å². The Morgan fingerprint density at radius 2 is 1.37 bits per heavy atom. The van der Waals surface area contributed by atoms with Crippen molar-refractivity contribution in [1.82, 2.24) is 9.97 Å². The number of aromatic nitrogens is 2. The van der Waals surface area contributed by atoms with Crippen molar-refractivity contribution in [3.8, 4) is 0 Å². The van der Waals surface area contributed by atoms with Crippen LogP contribution in [0.4, 0.5) is 0 Å². The molecule has 4 aromatic rings. The molecule has 2 aromatic carbocycles. The van der Waals surface area contributed by atoms with Gasteiger partial charge in [0.05, 0.1) is 29.3 Å². The molecule has 2 aromatic heterocycles. The Kier molecular flexibility index (Phi) is 11.5. The Morgan fingerprint density at radius 1 is 0.739 bits per heavy atom. The topological polar surface area (TPSA) is 79.2 Å². The van der Waals surface area contributed by atoms with Crippen molar-refractivity contribution in [2.75, 3.05) is 6.61 Å². The van der Waals surface area contributed by atoms with E-state index < -0.39 is 0 Å². The molecule has 235 valence electrons. The van der Waals surface area contributed by atoms with Gasteiger partial charge in [-0.3, -0.25) is 9.98 Å². The molecule has 2 aliphatic heterocycles. The molecule has 0 spiro atoms. The number of hydrogen-bond acceptors (Lipinski definition) is 4. The van der Waals surface area contributed by atoms with Gasteiger partial charge in [0.2, 0.25) is 0 Å². The first-order chi connectivity index (χ1) is 21.8. The Hall–Kier alpha value is -4.72. The van der Waals surface area contributed by atoms with E-state index in [0.29, 0.717) is 17.9 Å². The molecular formula is C39H38CoN4O2. The van der Waals surface area contributed by atoms with Crippen molar-refractivity contribution in [2.24, 2.45) is 9.98 Å². The summed E-state index contributed by atoms with van der Waals surface area (Å²) < 4.78 is 5.11. The molecule has 7 heteroatoms. The third-order valence-corrected chi connectivity index (χ3v) is 7.61. The number of aryl methyl sites for hydroxylation is 3. The minimum absolute atomic E-state index is 0. The summed E-state index contributed by atoms with van der Waals surface area (Å²) >= 11 is 0. The van der Waals surface area contributed by atoms with Crippen molar-refractivity contribution < 1.29 is 26.3 Å². The zero-order valence-corrected chi connectivity index (χ0v) is 28.1. The first-order valence-corrected chi connectivity index (χ1v) is 15.3. The van der Waals surface area contributed by atoms with E-state index in [1.807, 2.05) is 69.3 Å². The number of rotatable bonds is 7. The Bertz CT molecular complexity index is 1880. The standard InChI is InChI=1S/C20H20N2O2.C19H19N2.Co/c1-4-24-20(23)16-12-18(22-14(16)3)19(15-8-6-5-7-9-15)17-11-10-13(2)21-17;1-4-15-12-18(21-14(15)3)19(16-8-6-5-7-9-16)17-11-10-13(2)20-17;/h5-12H,4H2,1-3H3,(H,21,22,23);5-12H,4H2,1-3H3;/q;-1;+2/p-1/b;19-17-;. The third-order valence-electron chi connectivity index (χ3n) is 7.61. The van der Waals surface area contributed by atoms with Gasteiger partial charge in [0, 0.05) is 5.71 Å². The number of hydrogen-bond donors (Lipinski definition) is 0. The van der Waals surface area contributed by atoms with E-state index >= 15 is 0 Å². The van der Waals surface area contributed by atoms with E-state index in [-0.39, 0.29) is 22.7 Å². The van der Waals surface area contributed by atoms with Crippen LogP contribution in [-0.2, 0) is 32.7 Å². The van der Waals surface area contributed by atoms with Gasteiger partial charge in [-0.25, -0.2) is 4.79 Å². The number of esters is 1. The smallest absolute Gasteiger partial charge is 0.661 e. The number of nitrogens with zero attached hydrogens (tertiary/aromatic N) is 4. The summed E-state index contributed by atoms with van der Waals surface area (Å²) in [6, 6.07) is 26.5. The number of allylic oxidation sites excluding steroid dienone is 3. The van der Waals surface area contributed by atoms with Crippen molar-refractivity contribution >= 4 is 28.5 Å². The number of ether oxygens (including phenoxy) is 1. The third kappa shape index (κ3) is 7.73. The van der Waals surface area contributed by atoms with E-state index in [1.54, 1.807) is 13.0 Å². The van der Waals surface area contributed by atoms with Gasteiger partial charge in [-0.2, -0.15) is 11.4 Å². The van der Waals surface area contributed by atoms with Crippen LogP contribution in [0.1, 0.15) is 67.2 Å². The number of carbonyl (C=O) groups excluding carboxylic acids is 1. The predicted molar refractivity (Wildman–Crippen MR) is 183 cm³/mol. The van der Waals surface area contributed by atoms with Crippen LogP contribution in [0.3, 0.4) is 0 Å². The zero-order chi connectivity index (χ0) is 31.9. The molecule has 46 heavy (non-hydrogen) atoms. The molecule has 2 aliphatic rings. The maximum atomic E-state index is 12.1. The quantitative estimate of drug-likeness (QED) is 0.190. The zero-order valence-electron chi connectivity index (χ0n) is 27.1. The second-order valence-corrected chi connectivity index (χ2v) is 10.9. The van der Waals surface area contributed by atoms with Crippen molar-refractivity contribution in [1.29, 1.82) is 0 Å². The maximum absolute atomic E-state index is 12.1. The fraction of sp³-hybridized carbons (Fsp3) is 0.205. The molecule has 0 atom stereocenters. The van der Waals surface area contributed by atoms with Gasteiger partial charge in [0.1, 0.15) is 0 Å². The molecule has 0 fully saturated rings. The van der Waals surface area contributed by atoms with Crippen LogP contribution in [0.2, 0.25) is 0 Å². The molecule has 0 saturated carbocycles. The molecular weight excluding hydrogens is 615 g/mol. The average molecular weight is 654 g/mol. The average Bonchev–Trinajstić information content (AvgIpc) is 3.83. The first-order valence-electron chi connectivity index (χ1n) is 15.3. The second-order valence-electron chi connectivity index (χ2n) is 10.9. The molecule has 6 rings (SSSR count). The van der Waals surface area contributed by atoms with Gasteiger partial charge in [0.15, 0.2) is 0 Å². The van der Waals surface area contributed by atoms with Crippen LogP contribution in [0, 0.1) is 13.8 Å². The minimum atomic E-state index is -0.340. The van der Waals surface area contributed by atoms with Gasteiger partial charge in [-0.1, -0.05) is 105 Å². The van der Waals surface area contributed by atoms with Crippen LogP contribution in [0.5, 0.6) is 0 Å². The van der Waals surface area contributed by atoms with Gasteiger partial charge in [-0.05, 0) is 67.7 Å². The predicted octanol–water partition coefficient (Wildman–Crippen LogP) is 7.98. The Morgan fingerprint density at radius 3 is 1.87 bits per heavy atom. The van der Waals surface area contributed by atoms with E-state index in [0.717, 1.165) is 68.6 Å². The second kappa shape index (κ2) is 15.5. The molecule has 4 heterocycles. The molecule has 0 amide bonds. The van der Waals surface area contributed by atoms with Crippen LogP contribution in [-0.4, -0.2) is 24.0 Å². The molecule has 0 aliphatic carbocycles. The summed E-state index contributed by atoms with van der Waals surface area (Å²) in [5, 5.41) is 0. The van der Waals surface area contributed by atoms with Crippen molar-refractivity contribution in [3.05, 3.63) is 154 Å². The van der Waals surface area contributed by atoms with Gasteiger partial charge < -0.3 is 14.7 Å². The first kappa shape index (κ1) is 34.2. The van der Waals surface area contributed by atoms with E-state index in [9.17, 15) is 4.79 Å². The van der Waals surface area contributed by atoms with Gasteiger partial charge >= 0.3 is 22.7 Å². The molecule has 6 nitrogen and oxygen atoms in total. The van der Waals surface area contributed by atoms with Gasteiger partial charge in [-0.15, -0.1) is 11.4 Å². The normalized spacial score (nSPS) is 15.7. The van der Waals surface area contributed by atoms with Crippen molar-refractivity contribution in [2.45, 2.75) is 48.0 Å². The van der Waals surface area contributed by atoms with E-state index in [4.69, 9.17) is 9.72 Å². The van der Waals surface area contributed by atoms with Crippen LogP contribution in [0.15, 0.2) is 124 Å². The molecule has 0 saturated heterocycles. The minimum Gasteiger partial charge on any atom is -0.661 e. The van der Waals surface area contributed by atoms with E-state index in [2.05, 4.69) is 71.3 Å². The molecule has 0 unspecified atom stereocenters. The molecule has 0 bridgehead atoms. The summed E-state index contributed by atoms with van der Waals surface area (Å²) in [5.41, 5.74) is 13.4. The summed E-state index contributed by atoms with van der Waals surface area (Å²) in [6.07, 6.45) is 6.93. The van der Waals surface area contributed by atoms with E-state index in [1.165, 1.54) is 5.56 Å². The monoisotopic (exact) mass is 653 g/mol. The fourth-order valence-electron chi connectivity index (χ4n) is 5.37. The Balaban J connectivity index is 0.000000206. The largest absolute Gasteiger partial charge is 2.00 e. The fourth-order valence-corrected chi connectivity index (χ4v) is 5.37. The molecule has 0 N–H and O–H groups in total. The summed E-state index contributed by atoms with van der Waals surface area (Å²) in [7, 11) is 0. The van der Waals surface area contributed by atoms with Crippen LogP contribution in [0.25, 0.3) is 11.1 Å². The molecule has 1 radical (unpaired) electrons. The maximum Gasteiger partial charge on any atom is 2.00 e. The summed E-state index contributed by atoms with van der Waals surface area (Å²) in [6.45, 7) is 12.2. The van der Waals surface area contributed by atoms with Crippen molar-refractivity contribution in [3.63, 3.8) is 0 Å². The number of benzene rings is 2. The van der Waals surface area contributed by atoms with Crippen LogP contribution >= 0.6 is 0 Å². The SMILES string of the molecule is CCOC(=O)C1=C/C(=C(\c2ccccc2)c2ccc(C)[n-]2)N=C1C.CCc1cc(/C(=C2/C=CC(C)=N2)c2ccccc2)[n-]c1C.[Co+2]. The summed E-state index contributed by atoms with van der Waals surface area (Å²) in [4.78, 5) is 30.7. The van der Waals surface area contributed by atoms with Crippen LogP contribution < -0.4 is 9.97 Å². The Labute approximate surface area is 282 Å².